The average Bonchev–Trinajstić information content (AvgIpc) is 1.65. The third kappa shape index (κ3) is 26.5. The molecule has 5 unspecified atom stereocenters. The summed E-state index contributed by atoms with van der Waals surface area (Å²) < 4.78 is 124. The molecule has 8 aliphatic heterocycles. The first kappa shape index (κ1) is 91.5. The number of hydrogen-bond acceptors (Lipinski definition) is 26. The summed E-state index contributed by atoms with van der Waals surface area (Å²) in [5.41, 5.74) is 0.337. The van der Waals surface area contributed by atoms with Crippen molar-refractivity contribution in [2.24, 2.45) is 0 Å². The summed E-state index contributed by atoms with van der Waals surface area (Å²) in [6.45, 7) is 34.4. The maximum atomic E-state index is 11.4. The van der Waals surface area contributed by atoms with Crippen molar-refractivity contribution >= 4 is 68.0 Å². The smallest absolute Gasteiger partial charge is 0.374 e. The topological polar surface area (TPSA) is 489 Å². The van der Waals surface area contributed by atoms with E-state index in [1.54, 1.807) is 26.5 Å². The number of ether oxygens (including phenoxy) is 12. The number of carbonyl (C=O) groups is 4. The molecule has 43 heteroatoms. The molecule has 0 saturated carbocycles. The molecule has 4 amide bonds. The Labute approximate surface area is 610 Å². The van der Waals surface area contributed by atoms with Gasteiger partial charge in [-0.2, -0.15) is 13.5 Å². The van der Waals surface area contributed by atoms with Crippen LogP contribution < -0.4 is 21.3 Å². The Morgan fingerprint density at radius 3 is 1.02 bits per heavy atom. The molecule has 0 radical (unpaired) electrons. The third-order valence-corrected chi connectivity index (χ3v) is 18.5. The standard InChI is InChI=1S/C16H25N2O7P.2C15H25N2O8P.C15H25N2O7P.H2S/c1-9(2)24-14-13(10(3)8-26(20,21)22)25-16(15(14)23-5)18-7-6-12(19)17-11(18)4;2*1-8(2)23-13-12(9(3)25-26(19,20)21)24-15(14(13)22-5)17-7-6-11(18)16-10(17)4;1-9(2)23-13-11(6-8-25(19,20)21)24-15(14(13)22-4)17-7-5-12(18)16-10(17)3;/h6-9,13-16H,4H2,1-3,5H3,(H,17,19)(H2,20,21,22);2*6-9,12-15H,4H2,1-3,5H3,(H,16,18)(H2,19,20,21);5,7,9,11,13-15H,3,6,8H2,1-2,4H3,(H,16,18)(H2,19,20,21);1H2/b10-8+;;;;/t13-,14?,15+,16-;9?,12-,13?,14+,15-;9-,12+,13?,14-,15+;11-,13?,14+,15-;/m1101./s1. The van der Waals surface area contributed by atoms with E-state index >= 15 is 0 Å². The minimum Gasteiger partial charge on any atom is -0.374 e. The molecule has 0 aromatic rings. The van der Waals surface area contributed by atoms with Crippen LogP contribution in [-0.4, -0.2) is 252 Å². The maximum absolute atomic E-state index is 11.4. The molecule has 8 heterocycles. The largest absolute Gasteiger partial charge is 0.469 e. The zero-order valence-electron chi connectivity index (χ0n) is 60.3. The first-order valence-electron chi connectivity index (χ1n) is 32.2. The van der Waals surface area contributed by atoms with Gasteiger partial charge in [-0.15, -0.1) is 0 Å². The molecular formula is C61H102N8O30P4S. The molecule has 12 N–H and O–H groups in total. The molecule has 4 fully saturated rings. The number of phosphoric acid groups is 2. The lowest BCUT2D eigenvalue weighted by Gasteiger charge is -2.34. The second-order valence-corrected chi connectivity index (χ2v) is 30.9. The van der Waals surface area contributed by atoms with Gasteiger partial charge >= 0.3 is 30.8 Å². The summed E-state index contributed by atoms with van der Waals surface area (Å²) in [6.07, 6.45) is -2.00. The highest BCUT2D eigenvalue weighted by Crippen LogP contribution is 2.46. The minimum absolute atomic E-state index is 0. The van der Waals surface area contributed by atoms with Crippen LogP contribution in [0.4, 0.5) is 0 Å². The first-order chi connectivity index (χ1) is 47.7. The minimum atomic E-state index is -4.71. The second-order valence-electron chi connectivity index (χ2n) is 25.3. The lowest BCUT2D eigenvalue weighted by molar-refractivity contribution is -0.120. The highest BCUT2D eigenvalue weighted by molar-refractivity contribution is 7.59. The van der Waals surface area contributed by atoms with E-state index in [0.29, 0.717) is 17.2 Å². The summed E-state index contributed by atoms with van der Waals surface area (Å²) in [7, 11) is -12.0. The van der Waals surface area contributed by atoms with Crippen molar-refractivity contribution in [3.63, 3.8) is 0 Å². The molecule has 104 heavy (non-hydrogen) atoms. The van der Waals surface area contributed by atoms with Crippen LogP contribution >= 0.6 is 44.3 Å². The Kier molecular flexibility index (Phi) is 34.7. The fraction of sp³-hybridized carbons (Fsp3) is 0.639. The Morgan fingerprint density at radius 2 is 0.740 bits per heavy atom. The fourth-order valence-corrected chi connectivity index (χ4v) is 14.3. The fourth-order valence-electron chi connectivity index (χ4n) is 11.9. The Morgan fingerprint density at radius 1 is 0.462 bits per heavy atom. The lowest BCUT2D eigenvalue weighted by Crippen LogP contribution is -2.48. The van der Waals surface area contributed by atoms with Crippen molar-refractivity contribution in [2.45, 2.75) is 217 Å². The van der Waals surface area contributed by atoms with Crippen LogP contribution in [0, 0.1) is 0 Å². The number of methoxy groups -OCH3 is 4. The van der Waals surface area contributed by atoms with Gasteiger partial charge in [0.15, 0.2) is 24.9 Å². The highest BCUT2D eigenvalue weighted by Gasteiger charge is 2.55. The molecule has 0 aliphatic carbocycles. The van der Waals surface area contributed by atoms with Gasteiger partial charge in [0.05, 0.1) is 48.9 Å². The van der Waals surface area contributed by atoms with Gasteiger partial charge < -0.3 is 137 Å². The van der Waals surface area contributed by atoms with Crippen molar-refractivity contribution in [2.75, 3.05) is 34.6 Å². The van der Waals surface area contributed by atoms with Crippen LogP contribution in [0.5, 0.6) is 0 Å². The number of hydrogen-bond donors (Lipinski definition) is 12. The van der Waals surface area contributed by atoms with Gasteiger partial charge in [0.25, 0.3) is 23.6 Å². The summed E-state index contributed by atoms with van der Waals surface area (Å²) >= 11 is 0. The highest BCUT2D eigenvalue weighted by atomic mass is 32.1. The summed E-state index contributed by atoms with van der Waals surface area (Å²) in [5, 5.41) is 10.3. The Balaban J connectivity index is 0.000000293. The molecule has 0 spiro atoms. The quantitative estimate of drug-likeness (QED) is 0.0526. The van der Waals surface area contributed by atoms with E-state index in [0.717, 1.165) is 5.82 Å². The van der Waals surface area contributed by atoms with Crippen LogP contribution in [0.3, 0.4) is 0 Å². The maximum Gasteiger partial charge on any atom is 0.469 e. The van der Waals surface area contributed by atoms with Gasteiger partial charge in [0.2, 0.25) is 0 Å². The molecule has 18 atom stereocenters. The van der Waals surface area contributed by atoms with Crippen molar-refractivity contribution in [3.8, 4) is 0 Å². The van der Waals surface area contributed by atoms with E-state index in [2.05, 4.69) is 47.6 Å². The normalized spacial score (nSPS) is 30.2. The van der Waals surface area contributed by atoms with Crippen molar-refractivity contribution in [1.82, 2.24) is 40.9 Å². The predicted molar refractivity (Wildman–Crippen MR) is 374 cm³/mol. The van der Waals surface area contributed by atoms with Crippen molar-refractivity contribution < 1.29 is 142 Å². The number of amides is 4. The number of carbonyl (C=O) groups excluding carboxylic acids is 4. The van der Waals surface area contributed by atoms with Gasteiger partial charge in [-0.3, -0.25) is 37.4 Å². The molecule has 0 aromatic carbocycles. The zero-order chi connectivity index (χ0) is 77.7. The van der Waals surface area contributed by atoms with Gasteiger partial charge in [0.1, 0.15) is 90.4 Å². The van der Waals surface area contributed by atoms with Crippen LogP contribution in [0.25, 0.3) is 0 Å². The summed E-state index contributed by atoms with van der Waals surface area (Å²) in [6, 6.07) is 0. The number of nitrogens with one attached hydrogen (secondary N) is 4. The monoisotopic (exact) mass is 1580 g/mol. The van der Waals surface area contributed by atoms with E-state index in [-0.39, 0.29) is 85.8 Å². The average molecular weight is 1580 g/mol. The van der Waals surface area contributed by atoms with E-state index in [1.807, 2.05) is 55.4 Å². The van der Waals surface area contributed by atoms with E-state index < -0.39 is 141 Å². The third-order valence-electron chi connectivity index (χ3n) is 15.7. The van der Waals surface area contributed by atoms with Crippen LogP contribution in [0.1, 0.15) is 82.6 Å². The summed E-state index contributed by atoms with van der Waals surface area (Å²) in [4.78, 5) is 125. The van der Waals surface area contributed by atoms with E-state index in [9.17, 15) is 47.2 Å². The SMILES string of the molecule is C=C1NC(=O)C=CN1[C@@H]1O[C@H](/C(C)=C/P(=O)(O)O)C(OC(C)C)[C@@H]1OC.C=C1NC(=O)C=CN1[C@@H]1O[C@H](C(C)OP(=O)(O)O)C(OC(C)C)[C@@H]1OC.C=C1NC(=O)C=CN1[C@@H]1O[C@H](CCP(=O)(O)O)C(OC(C)C)[C@@H]1OC.C=C1NC(=O)C=CN1[C@@H]1O[C@H]([C@H](C)OP(=O)(O)O)C(OC(C)C)[C@@H]1OC.S. The Hall–Kier alpha value is -4.87. The second kappa shape index (κ2) is 39.5. The van der Waals surface area contributed by atoms with Gasteiger partial charge in [-0.1, -0.05) is 26.3 Å². The number of nitrogens with zero attached hydrogens (tertiary/aromatic N) is 4. The summed E-state index contributed by atoms with van der Waals surface area (Å²) in [5.74, 6) is 0.860. The molecule has 4 saturated heterocycles. The molecular weight excluding hydrogens is 1480 g/mol. The predicted octanol–water partition coefficient (Wildman–Crippen LogP) is 2.50. The molecule has 0 bridgehead atoms. The lowest BCUT2D eigenvalue weighted by atomic mass is 10.0. The zero-order valence-corrected chi connectivity index (χ0v) is 64.9. The number of phosphoric ester groups is 2. The van der Waals surface area contributed by atoms with Gasteiger partial charge in [0, 0.05) is 83.4 Å². The molecule has 38 nitrogen and oxygen atoms in total. The first-order valence-corrected chi connectivity index (χ1v) is 38.7. The van der Waals surface area contributed by atoms with Crippen molar-refractivity contribution in [1.29, 1.82) is 0 Å². The molecule has 8 rings (SSSR count). The molecule has 592 valence electrons. The molecule has 8 aliphatic rings. The van der Waals surface area contributed by atoms with Crippen molar-refractivity contribution in [3.05, 3.63) is 110 Å². The van der Waals surface area contributed by atoms with Gasteiger partial charge in [-0.25, -0.2) is 9.13 Å². The molecule has 0 aromatic heterocycles. The van der Waals surface area contributed by atoms with Crippen LogP contribution in [0.15, 0.2) is 110 Å². The van der Waals surface area contributed by atoms with Gasteiger partial charge in [-0.05, 0) is 88.2 Å². The van der Waals surface area contributed by atoms with Crippen LogP contribution in [-0.2, 0) is 103 Å². The number of rotatable bonds is 27. The van der Waals surface area contributed by atoms with Crippen LogP contribution in [0.2, 0.25) is 0 Å². The van der Waals surface area contributed by atoms with E-state index in [1.165, 1.54) is 91.4 Å². The Bertz CT molecular complexity index is 3250. The van der Waals surface area contributed by atoms with E-state index in [4.69, 9.17) is 95.3 Å².